The van der Waals surface area contributed by atoms with E-state index in [0.717, 1.165) is 16.8 Å². The Hall–Kier alpha value is -1.88. The summed E-state index contributed by atoms with van der Waals surface area (Å²) < 4.78 is 0. The molecule has 1 aliphatic carbocycles. The summed E-state index contributed by atoms with van der Waals surface area (Å²) >= 11 is 0. The number of hydrogen-bond acceptors (Lipinski definition) is 2. The topological polar surface area (TPSA) is 74.8 Å². The van der Waals surface area contributed by atoms with Crippen molar-refractivity contribution in [1.29, 1.82) is 0 Å². The van der Waals surface area contributed by atoms with Gasteiger partial charge in [-0.25, -0.2) is 4.79 Å². The minimum Gasteiger partial charge on any atom is -0.336 e. The molecule has 2 rings (SSSR count). The van der Waals surface area contributed by atoms with E-state index in [-0.39, 0.29) is 5.91 Å². The molecule has 0 radical (unpaired) electrons. The molecule has 0 bridgehead atoms. The first-order valence-corrected chi connectivity index (χ1v) is 9.06. The molecule has 1 aliphatic rings. The van der Waals surface area contributed by atoms with Gasteiger partial charge in [-0.1, -0.05) is 31.4 Å². The molecular formula is C19H30N3O2+. The molecule has 0 atom stereocenters. The summed E-state index contributed by atoms with van der Waals surface area (Å²) in [4.78, 5) is 24.0. The van der Waals surface area contributed by atoms with Gasteiger partial charge >= 0.3 is 6.03 Å². The Morgan fingerprint density at radius 3 is 2.46 bits per heavy atom. The van der Waals surface area contributed by atoms with Crippen molar-refractivity contribution in [2.24, 2.45) is 0 Å². The van der Waals surface area contributed by atoms with Crippen molar-refractivity contribution < 1.29 is 14.9 Å². The zero-order valence-electron chi connectivity index (χ0n) is 14.9. The third-order valence-corrected chi connectivity index (χ3v) is 4.89. The van der Waals surface area contributed by atoms with Crippen LogP contribution < -0.4 is 16.0 Å². The van der Waals surface area contributed by atoms with Crippen LogP contribution in [-0.2, 0) is 4.79 Å². The fourth-order valence-corrected chi connectivity index (χ4v) is 3.21. The minimum atomic E-state index is -0.459. The van der Waals surface area contributed by atoms with E-state index in [2.05, 4.69) is 16.0 Å². The van der Waals surface area contributed by atoms with Crippen LogP contribution in [0.5, 0.6) is 0 Å². The van der Waals surface area contributed by atoms with E-state index < -0.39 is 6.03 Å². The molecule has 1 aromatic carbocycles. The fourth-order valence-electron chi connectivity index (χ4n) is 3.21. The number of hydrogen-bond donors (Lipinski definition) is 3. The quantitative estimate of drug-likeness (QED) is 0.793. The monoisotopic (exact) mass is 332 g/mol. The Kier molecular flexibility index (Phi) is 7.25. The second kappa shape index (κ2) is 9.42. The number of carbonyl (C=O) groups is 2. The zero-order valence-corrected chi connectivity index (χ0v) is 14.9. The summed E-state index contributed by atoms with van der Waals surface area (Å²) in [6.45, 7) is 4.26. The predicted octanol–water partition coefficient (Wildman–Crippen LogP) is 2.63. The van der Waals surface area contributed by atoms with Crippen LogP contribution in [0, 0.1) is 13.8 Å². The largest absolute Gasteiger partial charge is 0.336 e. The summed E-state index contributed by atoms with van der Waals surface area (Å²) in [5.41, 5.74) is 2.86. The number of amides is 3. The maximum Gasteiger partial charge on any atom is 0.326 e. The van der Waals surface area contributed by atoms with Crippen molar-refractivity contribution in [2.75, 3.05) is 11.9 Å². The minimum absolute atomic E-state index is 0.236. The van der Waals surface area contributed by atoms with Crippen molar-refractivity contribution in [3.63, 3.8) is 0 Å². The molecule has 4 N–H and O–H groups in total. The summed E-state index contributed by atoms with van der Waals surface area (Å²) in [5, 5.41) is 7.26. The molecule has 5 heteroatoms. The number of carbonyl (C=O) groups excluding carboxylic acids is 2. The Balaban J connectivity index is 1.75. The summed E-state index contributed by atoms with van der Waals surface area (Å²) in [7, 11) is 0. The van der Waals surface area contributed by atoms with Gasteiger partial charge < -0.3 is 10.6 Å². The van der Waals surface area contributed by atoms with E-state index >= 15 is 0 Å². The van der Waals surface area contributed by atoms with Gasteiger partial charge in [0.2, 0.25) is 0 Å². The van der Waals surface area contributed by atoms with Crippen LogP contribution in [0.2, 0.25) is 0 Å². The Morgan fingerprint density at radius 1 is 1.08 bits per heavy atom. The molecule has 0 heterocycles. The van der Waals surface area contributed by atoms with Crippen LogP contribution in [0.15, 0.2) is 18.2 Å². The van der Waals surface area contributed by atoms with Crippen molar-refractivity contribution in [1.82, 2.24) is 5.32 Å². The van der Waals surface area contributed by atoms with Gasteiger partial charge in [0, 0.05) is 5.69 Å². The lowest BCUT2D eigenvalue weighted by molar-refractivity contribution is -0.680. The molecule has 0 spiro atoms. The van der Waals surface area contributed by atoms with E-state index in [1.54, 1.807) is 0 Å². The smallest absolute Gasteiger partial charge is 0.326 e. The lowest BCUT2D eigenvalue weighted by Crippen LogP contribution is -2.92. The lowest BCUT2D eigenvalue weighted by atomic mass is 9.97. The molecule has 0 aromatic heterocycles. The number of urea groups is 1. The average molecular weight is 332 g/mol. The number of aryl methyl sites for hydroxylation is 1. The van der Waals surface area contributed by atoms with Crippen LogP contribution in [0.25, 0.3) is 0 Å². The number of anilines is 1. The van der Waals surface area contributed by atoms with Gasteiger partial charge in [0.1, 0.15) is 0 Å². The molecule has 0 aliphatic heterocycles. The normalized spacial score (nSPS) is 16.1. The van der Waals surface area contributed by atoms with Gasteiger partial charge in [0.25, 0.3) is 5.91 Å². The number of imide groups is 1. The fraction of sp³-hybridized carbons (Fsp3) is 0.579. The molecule has 3 amide bonds. The highest BCUT2D eigenvalue weighted by atomic mass is 16.2. The van der Waals surface area contributed by atoms with Gasteiger partial charge in [-0.15, -0.1) is 0 Å². The molecule has 0 unspecified atom stereocenters. The van der Waals surface area contributed by atoms with Crippen LogP contribution >= 0.6 is 0 Å². The summed E-state index contributed by atoms with van der Waals surface area (Å²) in [5.74, 6) is -0.236. The van der Waals surface area contributed by atoms with E-state index in [0.29, 0.717) is 12.6 Å². The highest BCUT2D eigenvalue weighted by molar-refractivity contribution is 6.01. The Labute approximate surface area is 144 Å². The van der Waals surface area contributed by atoms with Gasteiger partial charge in [0.05, 0.1) is 6.04 Å². The van der Waals surface area contributed by atoms with E-state index in [4.69, 9.17) is 0 Å². The summed E-state index contributed by atoms with van der Waals surface area (Å²) in [6, 6.07) is 5.78. The number of nitrogens with two attached hydrogens (primary N) is 1. The zero-order chi connectivity index (χ0) is 17.4. The number of rotatable bonds is 4. The van der Waals surface area contributed by atoms with Crippen molar-refractivity contribution in [2.45, 2.75) is 64.8 Å². The second-order valence-corrected chi connectivity index (χ2v) is 6.79. The first kappa shape index (κ1) is 18.5. The Bertz CT molecular complexity index is 564. The molecule has 1 fully saturated rings. The molecule has 24 heavy (non-hydrogen) atoms. The number of benzene rings is 1. The first-order chi connectivity index (χ1) is 11.6. The van der Waals surface area contributed by atoms with Gasteiger partial charge in [-0.05, 0) is 56.7 Å². The molecule has 132 valence electrons. The molecule has 1 aromatic rings. The van der Waals surface area contributed by atoms with Crippen molar-refractivity contribution >= 4 is 17.6 Å². The van der Waals surface area contributed by atoms with Crippen LogP contribution in [-0.4, -0.2) is 24.5 Å². The van der Waals surface area contributed by atoms with Crippen LogP contribution in [0.3, 0.4) is 0 Å². The van der Waals surface area contributed by atoms with E-state index in [1.165, 1.54) is 44.9 Å². The predicted molar refractivity (Wildman–Crippen MR) is 96.0 cm³/mol. The first-order valence-electron chi connectivity index (χ1n) is 9.06. The Morgan fingerprint density at radius 2 is 1.75 bits per heavy atom. The van der Waals surface area contributed by atoms with Crippen molar-refractivity contribution in [3.8, 4) is 0 Å². The maximum atomic E-state index is 12.0. The molecule has 1 saturated carbocycles. The third kappa shape index (κ3) is 5.96. The lowest BCUT2D eigenvalue weighted by Gasteiger charge is -2.18. The third-order valence-electron chi connectivity index (χ3n) is 4.89. The van der Waals surface area contributed by atoms with Crippen LogP contribution in [0.1, 0.15) is 56.1 Å². The molecular weight excluding hydrogens is 302 g/mol. The standard InChI is InChI=1S/C19H29N3O2/c1-14-9-8-12-17(15(14)2)21-19(24)22-18(23)13-20-16-10-6-4-3-5-7-11-16/h8-9,12,16,20H,3-7,10-11,13H2,1-2H3,(H2,21,22,23,24)/p+1. The van der Waals surface area contributed by atoms with Gasteiger partial charge in [-0.3, -0.25) is 10.1 Å². The number of quaternary nitrogens is 1. The molecule has 0 saturated heterocycles. The highest BCUT2D eigenvalue weighted by Gasteiger charge is 2.17. The molecule has 5 nitrogen and oxygen atoms in total. The number of nitrogens with one attached hydrogen (secondary N) is 2. The summed E-state index contributed by atoms with van der Waals surface area (Å²) in [6.07, 6.45) is 8.77. The average Bonchev–Trinajstić information content (AvgIpc) is 2.50. The van der Waals surface area contributed by atoms with E-state index in [9.17, 15) is 9.59 Å². The highest BCUT2D eigenvalue weighted by Crippen LogP contribution is 2.17. The van der Waals surface area contributed by atoms with Crippen molar-refractivity contribution in [3.05, 3.63) is 29.3 Å². The maximum absolute atomic E-state index is 12.0. The second-order valence-electron chi connectivity index (χ2n) is 6.79. The van der Waals surface area contributed by atoms with Crippen LogP contribution in [0.4, 0.5) is 10.5 Å². The SMILES string of the molecule is Cc1cccc(NC(=O)NC(=O)C[NH2+]C2CCCCCCC2)c1C. The van der Waals surface area contributed by atoms with Gasteiger partial charge in [-0.2, -0.15) is 0 Å². The van der Waals surface area contributed by atoms with E-state index in [1.807, 2.05) is 32.0 Å². The van der Waals surface area contributed by atoms with Gasteiger partial charge in [0.15, 0.2) is 6.54 Å².